The van der Waals surface area contributed by atoms with E-state index in [9.17, 15) is 19.2 Å². The number of hydrogen-bond acceptors (Lipinski definition) is 7. The predicted octanol–water partition coefficient (Wildman–Crippen LogP) is 5.45. The third-order valence-corrected chi connectivity index (χ3v) is 7.61. The first-order valence-corrected chi connectivity index (χ1v) is 13.7. The van der Waals surface area contributed by atoms with Gasteiger partial charge in [0.05, 0.1) is 18.0 Å². The Kier molecular flexibility index (Phi) is 9.29. The molecule has 0 spiro atoms. The number of amides is 2. The van der Waals surface area contributed by atoms with Crippen molar-refractivity contribution in [1.29, 1.82) is 0 Å². The van der Waals surface area contributed by atoms with Gasteiger partial charge in [-0.3, -0.25) is 10.6 Å². The van der Waals surface area contributed by atoms with Crippen LogP contribution in [0, 0.1) is 6.92 Å². The second-order valence-electron chi connectivity index (χ2n) is 10.3. The first-order valence-electron chi connectivity index (χ1n) is 13.7. The SMILES string of the molecule is CCOC(=O)COC(=O)Nc1c(C)cccc1C(C)CC1CCc2c1cc1c(c2NC(=O)OCC(=O)O)CCC1. The number of nitrogens with one attached hydrogen (secondary N) is 2. The van der Waals surface area contributed by atoms with E-state index >= 15 is 0 Å². The predicted molar refractivity (Wildman–Crippen MR) is 148 cm³/mol. The molecule has 214 valence electrons. The Labute approximate surface area is 233 Å². The third-order valence-electron chi connectivity index (χ3n) is 7.61. The molecule has 0 saturated heterocycles. The van der Waals surface area contributed by atoms with Crippen molar-refractivity contribution in [3.8, 4) is 0 Å². The van der Waals surface area contributed by atoms with Crippen LogP contribution in [0.4, 0.5) is 21.0 Å². The summed E-state index contributed by atoms with van der Waals surface area (Å²) >= 11 is 0. The number of carboxylic acid groups (broad SMARTS) is 1. The maximum atomic E-state index is 12.5. The standard InChI is InChI=1S/C30H36N2O8/c1-4-38-26(35)16-40-29(36)31-27-17(2)7-5-9-21(27)18(3)13-20-11-12-23-24(20)14-19-8-6-10-22(19)28(23)32-30(37)39-15-25(33)34/h5,7,9,14,18,20H,4,6,8,10-13,15-16H2,1-3H3,(H,31,36)(H,32,37)(H,33,34). The van der Waals surface area contributed by atoms with Gasteiger partial charge in [0.15, 0.2) is 13.2 Å². The number of esters is 1. The fourth-order valence-electron chi connectivity index (χ4n) is 5.87. The lowest BCUT2D eigenvalue weighted by molar-refractivity contribution is -0.146. The van der Waals surface area contributed by atoms with E-state index < -0.39 is 37.3 Å². The first kappa shape index (κ1) is 28.9. The molecule has 2 aliphatic carbocycles. The highest BCUT2D eigenvalue weighted by atomic mass is 16.6. The lowest BCUT2D eigenvalue weighted by Gasteiger charge is -2.23. The summed E-state index contributed by atoms with van der Waals surface area (Å²) in [5.41, 5.74) is 7.93. The van der Waals surface area contributed by atoms with Gasteiger partial charge >= 0.3 is 24.1 Å². The van der Waals surface area contributed by atoms with Crippen LogP contribution in [0.5, 0.6) is 0 Å². The van der Waals surface area contributed by atoms with Crippen molar-refractivity contribution in [2.24, 2.45) is 0 Å². The van der Waals surface area contributed by atoms with Crippen LogP contribution in [0.15, 0.2) is 24.3 Å². The van der Waals surface area contributed by atoms with Crippen molar-refractivity contribution in [3.05, 3.63) is 57.6 Å². The molecule has 2 aromatic carbocycles. The number of benzene rings is 2. The van der Waals surface area contributed by atoms with Gasteiger partial charge < -0.3 is 19.3 Å². The smallest absolute Gasteiger partial charge is 0.412 e. The summed E-state index contributed by atoms with van der Waals surface area (Å²) in [5.74, 6) is -1.48. The van der Waals surface area contributed by atoms with Gasteiger partial charge in [-0.2, -0.15) is 0 Å². The average molecular weight is 553 g/mol. The zero-order valence-corrected chi connectivity index (χ0v) is 23.1. The summed E-state index contributed by atoms with van der Waals surface area (Å²) in [6, 6.07) is 8.13. The van der Waals surface area contributed by atoms with E-state index in [0.717, 1.165) is 66.5 Å². The number of fused-ring (bicyclic) bond motifs is 2. The van der Waals surface area contributed by atoms with E-state index in [1.54, 1.807) is 6.92 Å². The number of ether oxygens (including phenoxy) is 3. The molecule has 2 aromatic rings. The molecular formula is C30H36N2O8. The van der Waals surface area contributed by atoms with E-state index in [4.69, 9.17) is 19.3 Å². The van der Waals surface area contributed by atoms with Crippen LogP contribution in [0.2, 0.25) is 0 Å². The Balaban J connectivity index is 1.51. The summed E-state index contributed by atoms with van der Waals surface area (Å²) < 4.78 is 14.7. The van der Waals surface area contributed by atoms with Crippen LogP contribution in [0.3, 0.4) is 0 Å². The van der Waals surface area contributed by atoms with Gasteiger partial charge in [-0.1, -0.05) is 31.2 Å². The highest BCUT2D eigenvalue weighted by Gasteiger charge is 2.32. The van der Waals surface area contributed by atoms with Gasteiger partial charge in [-0.05, 0) is 97.6 Å². The van der Waals surface area contributed by atoms with Gasteiger partial charge in [0.25, 0.3) is 0 Å². The Morgan fingerprint density at radius 2 is 1.70 bits per heavy atom. The fraction of sp³-hybridized carbons (Fsp3) is 0.467. The van der Waals surface area contributed by atoms with Crippen LogP contribution < -0.4 is 10.6 Å². The monoisotopic (exact) mass is 552 g/mol. The van der Waals surface area contributed by atoms with Crippen molar-refractivity contribution < 1.29 is 38.5 Å². The normalized spacial score (nSPS) is 15.9. The van der Waals surface area contributed by atoms with E-state index in [0.29, 0.717) is 5.69 Å². The molecule has 0 saturated carbocycles. The van der Waals surface area contributed by atoms with E-state index in [2.05, 4.69) is 23.6 Å². The molecule has 3 N–H and O–H groups in total. The zero-order chi connectivity index (χ0) is 28.8. The highest BCUT2D eigenvalue weighted by Crippen LogP contribution is 2.47. The van der Waals surface area contributed by atoms with Crippen molar-refractivity contribution in [1.82, 2.24) is 0 Å². The second kappa shape index (κ2) is 12.8. The molecule has 10 heteroatoms. The van der Waals surface area contributed by atoms with Gasteiger partial charge in [0.2, 0.25) is 0 Å². The summed E-state index contributed by atoms with van der Waals surface area (Å²) in [7, 11) is 0. The molecule has 10 nitrogen and oxygen atoms in total. The molecule has 4 rings (SSSR count). The Morgan fingerprint density at radius 3 is 2.42 bits per heavy atom. The molecular weight excluding hydrogens is 516 g/mol. The molecule has 2 aliphatic rings. The number of carbonyl (C=O) groups is 4. The topological polar surface area (TPSA) is 140 Å². The minimum atomic E-state index is -1.20. The van der Waals surface area contributed by atoms with Gasteiger partial charge in [-0.25, -0.2) is 19.2 Å². The molecule has 0 aliphatic heterocycles. The van der Waals surface area contributed by atoms with Gasteiger partial charge in [-0.15, -0.1) is 0 Å². The molecule has 0 radical (unpaired) electrons. The van der Waals surface area contributed by atoms with Crippen molar-refractivity contribution in [3.63, 3.8) is 0 Å². The number of aliphatic carboxylic acids is 1. The van der Waals surface area contributed by atoms with Crippen LogP contribution in [0.1, 0.15) is 78.3 Å². The summed E-state index contributed by atoms with van der Waals surface area (Å²) in [6.07, 6.45) is 3.86. The lowest BCUT2D eigenvalue weighted by Crippen LogP contribution is -2.21. The van der Waals surface area contributed by atoms with Crippen LogP contribution in [-0.4, -0.2) is 49.1 Å². The van der Waals surface area contributed by atoms with Gasteiger partial charge in [0, 0.05) is 0 Å². The molecule has 0 aromatic heterocycles. The number of carbonyl (C=O) groups excluding carboxylic acids is 3. The molecule has 0 fully saturated rings. The van der Waals surface area contributed by atoms with Crippen molar-refractivity contribution >= 4 is 35.5 Å². The largest absolute Gasteiger partial charge is 0.479 e. The quantitative estimate of drug-likeness (QED) is 0.261. The zero-order valence-electron chi connectivity index (χ0n) is 23.1. The molecule has 2 atom stereocenters. The molecule has 2 unspecified atom stereocenters. The maximum absolute atomic E-state index is 12.5. The van der Waals surface area contributed by atoms with Crippen LogP contribution in [-0.2, 0) is 43.1 Å². The van der Waals surface area contributed by atoms with Crippen LogP contribution >= 0.6 is 0 Å². The number of anilines is 2. The summed E-state index contributed by atoms with van der Waals surface area (Å²) in [5, 5.41) is 14.5. The van der Waals surface area contributed by atoms with E-state index in [-0.39, 0.29) is 18.4 Å². The van der Waals surface area contributed by atoms with E-state index in [1.165, 1.54) is 11.1 Å². The number of rotatable bonds is 10. The molecule has 40 heavy (non-hydrogen) atoms. The Morgan fingerprint density at radius 1 is 0.975 bits per heavy atom. The van der Waals surface area contributed by atoms with Crippen LogP contribution in [0.25, 0.3) is 0 Å². The molecule has 0 bridgehead atoms. The minimum Gasteiger partial charge on any atom is -0.479 e. The first-order chi connectivity index (χ1) is 19.2. The number of hydrogen-bond donors (Lipinski definition) is 3. The number of carboxylic acids is 1. The van der Waals surface area contributed by atoms with Gasteiger partial charge in [0.1, 0.15) is 0 Å². The minimum absolute atomic E-state index is 0.0846. The lowest BCUT2D eigenvalue weighted by atomic mass is 9.84. The number of para-hydroxylation sites is 1. The number of aryl methyl sites for hydroxylation is 2. The molecule has 0 heterocycles. The highest BCUT2D eigenvalue weighted by molar-refractivity contribution is 5.90. The van der Waals surface area contributed by atoms with Crippen molar-refractivity contribution in [2.45, 2.75) is 71.1 Å². The Bertz CT molecular complexity index is 1310. The summed E-state index contributed by atoms with van der Waals surface area (Å²) in [4.78, 5) is 47.2. The molecule has 2 amide bonds. The van der Waals surface area contributed by atoms with Crippen molar-refractivity contribution in [2.75, 3.05) is 30.5 Å². The Hall–Kier alpha value is -4.08. The summed E-state index contributed by atoms with van der Waals surface area (Å²) in [6.45, 7) is 4.78. The third kappa shape index (κ3) is 6.73. The van der Waals surface area contributed by atoms with E-state index in [1.807, 2.05) is 25.1 Å². The maximum Gasteiger partial charge on any atom is 0.412 e. The second-order valence-corrected chi connectivity index (χ2v) is 10.3. The fourth-order valence-corrected chi connectivity index (χ4v) is 5.87. The average Bonchev–Trinajstić information content (AvgIpc) is 3.55.